The number of rotatable bonds is 10. The van der Waals surface area contributed by atoms with Crippen LogP contribution in [0.25, 0.3) is 5.57 Å². The van der Waals surface area contributed by atoms with Gasteiger partial charge in [0.1, 0.15) is 5.75 Å². The molecule has 0 fully saturated rings. The van der Waals surface area contributed by atoms with Gasteiger partial charge in [0.05, 0.1) is 12.6 Å². The Balaban J connectivity index is 1.42. The summed E-state index contributed by atoms with van der Waals surface area (Å²) in [6.45, 7) is 0.0890. The average Bonchev–Trinajstić information content (AvgIpc) is 2.85. The fourth-order valence-electron chi connectivity index (χ4n) is 4.16. The van der Waals surface area contributed by atoms with E-state index in [2.05, 4.69) is 40.8 Å². The fraction of sp³-hybridized carbons (Fsp3) is 0.259. The van der Waals surface area contributed by atoms with E-state index < -0.39 is 5.97 Å². The lowest BCUT2D eigenvalue weighted by Gasteiger charge is -2.22. The zero-order chi connectivity index (χ0) is 22.9. The topological polar surface area (TPSA) is 80.7 Å². The van der Waals surface area contributed by atoms with E-state index in [9.17, 15) is 4.79 Å². The quantitative estimate of drug-likeness (QED) is 0.346. The summed E-state index contributed by atoms with van der Waals surface area (Å²) < 4.78 is 5.50. The van der Waals surface area contributed by atoms with Crippen molar-refractivity contribution in [3.05, 3.63) is 101 Å². The summed E-state index contributed by atoms with van der Waals surface area (Å²) in [5, 5.41) is 8.93. The van der Waals surface area contributed by atoms with Crippen LogP contribution in [0.5, 0.6) is 5.75 Å². The maximum Gasteiger partial charge on any atom is 0.341 e. The number of benzene rings is 2. The standard InChI is InChI=1S/C27H28N2O4/c30-27(31)19-32-26-13-5-11-23-21(10-4-12-24(23)26)14-16-33-29-25(22-8-2-1-3-9-22)17-20-7-6-15-28-18-20/h1-3,5-9,11,13-15,18,25,29H,4,10,12,16-17,19H2,(H,30,31)/b21-14-. The Hall–Kier alpha value is -3.48. The first-order chi connectivity index (χ1) is 16.2. The highest BCUT2D eigenvalue weighted by atomic mass is 16.6. The molecule has 1 atom stereocenters. The Bertz CT molecular complexity index is 1080. The molecular formula is C27H28N2O4. The van der Waals surface area contributed by atoms with Crippen molar-refractivity contribution in [2.45, 2.75) is 31.7 Å². The molecule has 0 radical (unpaired) electrons. The number of allylic oxidation sites excluding steroid dienone is 1. The van der Waals surface area contributed by atoms with Crippen LogP contribution in [0, 0.1) is 0 Å². The Morgan fingerprint density at radius 3 is 2.76 bits per heavy atom. The Labute approximate surface area is 193 Å². The first-order valence-corrected chi connectivity index (χ1v) is 11.2. The molecule has 1 aliphatic rings. The summed E-state index contributed by atoms with van der Waals surface area (Å²) in [6, 6.07) is 20.1. The van der Waals surface area contributed by atoms with Gasteiger partial charge in [-0.05, 0) is 60.1 Å². The number of carboxylic acids is 1. The number of hydrogen-bond acceptors (Lipinski definition) is 5. The maximum atomic E-state index is 10.9. The first kappa shape index (κ1) is 22.7. The number of carboxylic acid groups (broad SMARTS) is 1. The highest BCUT2D eigenvalue weighted by Crippen LogP contribution is 2.36. The molecule has 6 heteroatoms. The lowest BCUT2D eigenvalue weighted by Crippen LogP contribution is -2.24. The second kappa shape index (κ2) is 11.4. The van der Waals surface area contributed by atoms with Gasteiger partial charge in [-0.15, -0.1) is 0 Å². The molecule has 1 unspecified atom stereocenters. The molecule has 4 rings (SSSR count). The van der Waals surface area contributed by atoms with E-state index in [1.54, 1.807) is 6.20 Å². The minimum atomic E-state index is -0.974. The Morgan fingerprint density at radius 2 is 1.97 bits per heavy atom. The van der Waals surface area contributed by atoms with Crippen LogP contribution < -0.4 is 10.2 Å². The summed E-state index contributed by atoms with van der Waals surface area (Å²) in [4.78, 5) is 21.0. The molecule has 0 amide bonds. The third-order valence-electron chi connectivity index (χ3n) is 5.71. The van der Waals surface area contributed by atoms with Crippen molar-refractivity contribution in [1.29, 1.82) is 0 Å². The van der Waals surface area contributed by atoms with Gasteiger partial charge in [-0.2, -0.15) is 5.48 Å². The SMILES string of the molecule is O=C(O)COc1cccc2c1CCC/C2=C/CONC(Cc1cccnc1)c1ccccc1. The third-order valence-corrected chi connectivity index (χ3v) is 5.71. The number of fused-ring (bicyclic) bond motifs is 1. The summed E-state index contributed by atoms with van der Waals surface area (Å²) >= 11 is 0. The second-order valence-corrected chi connectivity index (χ2v) is 8.01. The minimum absolute atomic E-state index is 0.00321. The summed E-state index contributed by atoms with van der Waals surface area (Å²) in [5.74, 6) is -0.321. The van der Waals surface area contributed by atoms with Gasteiger partial charge >= 0.3 is 5.97 Å². The van der Waals surface area contributed by atoms with E-state index in [4.69, 9.17) is 14.7 Å². The van der Waals surface area contributed by atoms with E-state index in [1.165, 1.54) is 5.57 Å². The molecule has 1 aliphatic carbocycles. The van der Waals surface area contributed by atoms with Crippen LogP contribution in [0.2, 0.25) is 0 Å². The molecule has 1 aromatic heterocycles. The minimum Gasteiger partial charge on any atom is -0.482 e. The van der Waals surface area contributed by atoms with Crippen molar-refractivity contribution in [3.63, 3.8) is 0 Å². The number of hydrogen-bond donors (Lipinski definition) is 2. The number of nitrogens with one attached hydrogen (secondary N) is 1. The Morgan fingerprint density at radius 1 is 1.09 bits per heavy atom. The summed E-state index contributed by atoms with van der Waals surface area (Å²) in [7, 11) is 0. The van der Waals surface area contributed by atoms with Crippen molar-refractivity contribution < 1.29 is 19.5 Å². The van der Waals surface area contributed by atoms with Crippen LogP contribution in [0.3, 0.4) is 0 Å². The normalized spacial score (nSPS) is 15.1. The van der Waals surface area contributed by atoms with Gasteiger partial charge in [-0.3, -0.25) is 9.82 Å². The number of carbonyl (C=O) groups is 1. The molecule has 0 spiro atoms. The van der Waals surface area contributed by atoms with E-state index in [0.717, 1.165) is 47.9 Å². The van der Waals surface area contributed by atoms with Crippen LogP contribution in [0.4, 0.5) is 0 Å². The van der Waals surface area contributed by atoms with Crippen LogP contribution in [-0.4, -0.2) is 29.3 Å². The highest BCUT2D eigenvalue weighted by Gasteiger charge is 2.18. The third kappa shape index (κ3) is 6.28. The second-order valence-electron chi connectivity index (χ2n) is 8.01. The summed E-state index contributed by atoms with van der Waals surface area (Å²) in [6.07, 6.45) is 9.34. The lowest BCUT2D eigenvalue weighted by atomic mass is 9.86. The van der Waals surface area contributed by atoms with Gasteiger partial charge in [-0.25, -0.2) is 4.79 Å². The average molecular weight is 445 g/mol. The van der Waals surface area contributed by atoms with Gasteiger partial charge in [0.25, 0.3) is 0 Å². The number of pyridine rings is 1. The van der Waals surface area contributed by atoms with Crippen LogP contribution in [0.15, 0.2) is 79.1 Å². The van der Waals surface area contributed by atoms with E-state index in [0.29, 0.717) is 12.4 Å². The van der Waals surface area contributed by atoms with Gasteiger partial charge in [0.2, 0.25) is 0 Å². The van der Waals surface area contributed by atoms with Crippen LogP contribution in [-0.2, 0) is 22.5 Å². The number of ether oxygens (including phenoxy) is 1. The van der Waals surface area contributed by atoms with Crippen molar-refractivity contribution >= 4 is 11.5 Å². The van der Waals surface area contributed by atoms with Crippen molar-refractivity contribution in [2.75, 3.05) is 13.2 Å². The number of hydroxylamine groups is 1. The molecule has 0 saturated heterocycles. The molecular weight excluding hydrogens is 416 g/mol. The van der Waals surface area contributed by atoms with Gasteiger partial charge < -0.3 is 9.84 Å². The molecule has 6 nitrogen and oxygen atoms in total. The van der Waals surface area contributed by atoms with Crippen molar-refractivity contribution in [1.82, 2.24) is 10.5 Å². The van der Waals surface area contributed by atoms with Gasteiger partial charge in [-0.1, -0.05) is 54.6 Å². The van der Waals surface area contributed by atoms with Crippen molar-refractivity contribution in [2.24, 2.45) is 0 Å². The maximum absolute atomic E-state index is 10.9. The molecule has 170 valence electrons. The Kier molecular flexibility index (Phi) is 7.85. The molecule has 33 heavy (non-hydrogen) atoms. The largest absolute Gasteiger partial charge is 0.482 e. The van der Waals surface area contributed by atoms with Crippen LogP contribution >= 0.6 is 0 Å². The molecule has 2 N–H and O–H groups in total. The van der Waals surface area contributed by atoms with Gasteiger partial charge in [0.15, 0.2) is 6.61 Å². The zero-order valence-electron chi connectivity index (χ0n) is 18.4. The zero-order valence-corrected chi connectivity index (χ0v) is 18.4. The van der Waals surface area contributed by atoms with Gasteiger partial charge in [0, 0.05) is 18.0 Å². The van der Waals surface area contributed by atoms with E-state index in [-0.39, 0.29) is 12.6 Å². The molecule has 2 aromatic carbocycles. The lowest BCUT2D eigenvalue weighted by molar-refractivity contribution is -0.139. The number of aliphatic carboxylic acids is 1. The highest BCUT2D eigenvalue weighted by molar-refractivity contribution is 5.73. The summed E-state index contributed by atoms with van der Waals surface area (Å²) in [5.41, 5.74) is 8.90. The smallest absolute Gasteiger partial charge is 0.341 e. The van der Waals surface area contributed by atoms with Crippen molar-refractivity contribution in [3.8, 4) is 5.75 Å². The number of aromatic nitrogens is 1. The first-order valence-electron chi connectivity index (χ1n) is 11.2. The molecule has 0 aliphatic heterocycles. The molecule has 3 aromatic rings. The predicted molar refractivity (Wildman–Crippen MR) is 127 cm³/mol. The molecule has 1 heterocycles. The molecule has 0 saturated carbocycles. The van der Waals surface area contributed by atoms with Crippen LogP contribution in [0.1, 0.15) is 41.1 Å². The predicted octanol–water partition coefficient (Wildman–Crippen LogP) is 4.77. The number of nitrogens with zero attached hydrogens (tertiary/aromatic N) is 1. The molecule has 0 bridgehead atoms. The van der Waals surface area contributed by atoms with E-state index in [1.807, 2.05) is 42.6 Å². The fourth-order valence-corrected chi connectivity index (χ4v) is 4.16. The monoisotopic (exact) mass is 444 g/mol. The van der Waals surface area contributed by atoms with E-state index >= 15 is 0 Å².